The molecule has 0 aromatic rings. The van der Waals surface area contributed by atoms with Gasteiger partial charge in [-0.05, 0) is 143 Å². The second-order valence-electron chi connectivity index (χ2n) is 21.6. The quantitative estimate of drug-likeness (QED) is 0.0231. The number of unbranched alkanes of at least 4 members (excludes halogenated alkanes) is 28. The molecule has 0 heterocycles. The van der Waals surface area contributed by atoms with Crippen LogP contribution in [0.15, 0.2) is 48.6 Å². The lowest BCUT2D eigenvalue weighted by atomic mass is 10.1. The average Bonchev–Trinajstić information content (AvgIpc) is 3.39. The van der Waals surface area contributed by atoms with Gasteiger partial charge in [-0.15, -0.1) is 0 Å². The van der Waals surface area contributed by atoms with Crippen LogP contribution in [0.1, 0.15) is 292 Å². The summed E-state index contributed by atoms with van der Waals surface area (Å²) in [5, 5.41) is 25.3. The first-order valence-electron chi connectivity index (χ1n) is 31.6. The predicted molar refractivity (Wildman–Crippen MR) is 340 cm³/mol. The molecule has 0 aliphatic carbocycles. The van der Waals surface area contributed by atoms with Gasteiger partial charge >= 0.3 is 17.9 Å². The Bertz CT molecular complexity index is 1340. The van der Waals surface area contributed by atoms with Gasteiger partial charge in [-0.1, -0.05) is 212 Å². The van der Waals surface area contributed by atoms with Crippen molar-refractivity contribution in [1.82, 2.24) is 9.80 Å². The van der Waals surface area contributed by atoms with Gasteiger partial charge in [0.15, 0.2) is 0 Å². The van der Waals surface area contributed by atoms with E-state index < -0.39 is 18.2 Å². The second-order valence-corrected chi connectivity index (χ2v) is 22.0. The highest BCUT2D eigenvalue weighted by atomic mass is 35.5. The number of allylic oxidation sites excluding steroid dienone is 8. The fraction of sp³-hybridized carbons (Fsp3) is 0.821. The number of halogens is 1. The Morgan fingerprint density at radius 3 is 1.01 bits per heavy atom. The Morgan fingerprint density at radius 2 is 0.722 bits per heavy atom. The first kappa shape index (κ1) is 85.0. The summed E-state index contributed by atoms with van der Waals surface area (Å²) in [5.74, 6) is -1.05. The normalized spacial score (nSPS) is 12.0. The number of hydrogen-bond donors (Lipinski definition) is 3. The Morgan fingerprint density at radius 1 is 0.430 bits per heavy atom. The summed E-state index contributed by atoms with van der Waals surface area (Å²) in [6.45, 7) is 9.94. The van der Waals surface area contributed by atoms with E-state index in [4.69, 9.17) is 36.4 Å². The molecule has 0 aromatic carbocycles. The zero-order valence-corrected chi connectivity index (χ0v) is 52.7. The molecular formula is C67H129ClN2O9. The van der Waals surface area contributed by atoms with Crippen molar-refractivity contribution < 1.29 is 44.0 Å². The first-order chi connectivity index (χ1) is 37.7. The minimum Gasteiger partial charge on any atom is -0.481 e. The zero-order chi connectivity index (χ0) is 58.8. The van der Waals surface area contributed by atoms with E-state index in [-0.39, 0.29) is 37.8 Å². The molecule has 0 aromatic heterocycles. The van der Waals surface area contributed by atoms with Gasteiger partial charge in [0, 0.05) is 38.8 Å². The first-order valence-corrected chi connectivity index (χ1v) is 32.0. The molecule has 2 unspecified atom stereocenters. The third-order valence-corrected chi connectivity index (χ3v) is 12.8. The SMILES string of the molecule is C.CCCC/C=C\CCCCCCCC(=O)Cl.CCCC/C=C\CCCCCCCC(=O)O.CCCC/C=C\CCCCCCCC(=O)OCC(CN(C)C)OC(=O)CCCCCCC/C=C\CCCC.CN(C)CC(O)CO. The van der Waals surface area contributed by atoms with Gasteiger partial charge in [-0.2, -0.15) is 0 Å². The van der Waals surface area contributed by atoms with Crippen molar-refractivity contribution in [1.29, 1.82) is 0 Å². The van der Waals surface area contributed by atoms with Gasteiger partial charge in [0.25, 0.3) is 0 Å². The second kappa shape index (κ2) is 73.2. The van der Waals surface area contributed by atoms with E-state index >= 15 is 0 Å². The van der Waals surface area contributed by atoms with E-state index in [0.29, 0.717) is 38.8 Å². The molecule has 0 radical (unpaired) electrons. The van der Waals surface area contributed by atoms with E-state index in [2.05, 4.69) is 76.3 Å². The van der Waals surface area contributed by atoms with Crippen LogP contribution in [0.2, 0.25) is 0 Å². The number of esters is 2. The van der Waals surface area contributed by atoms with Crippen molar-refractivity contribution in [2.75, 3.05) is 54.5 Å². The maximum absolute atomic E-state index is 12.3. The Balaban J connectivity index is -0.000000364. The van der Waals surface area contributed by atoms with Gasteiger partial charge in [0.05, 0.1) is 12.7 Å². The number of aliphatic hydroxyl groups excluding tert-OH is 2. The lowest BCUT2D eigenvalue weighted by Crippen LogP contribution is -2.34. The van der Waals surface area contributed by atoms with E-state index in [9.17, 15) is 19.2 Å². The van der Waals surface area contributed by atoms with Crippen molar-refractivity contribution in [3.05, 3.63) is 48.6 Å². The topological polar surface area (TPSA) is 154 Å². The Kier molecular flexibility index (Phi) is 78.7. The predicted octanol–water partition coefficient (Wildman–Crippen LogP) is 18.3. The molecule has 3 N–H and O–H groups in total. The molecule has 2 atom stereocenters. The maximum atomic E-state index is 12.3. The molecule has 0 saturated carbocycles. The molecule has 0 aliphatic rings. The van der Waals surface area contributed by atoms with Crippen LogP contribution in [0.4, 0.5) is 0 Å². The van der Waals surface area contributed by atoms with Gasteiger partial charge < -0.3 is 34.6 Å². The van der Waals surface area contributed by atoms with Crippen LogP contribution in [0.3, 0.4) is 0 Å². The molecule has 79 heavy (non-hydrogen) atoms. The highest BCUT2D eigenvalue weighted by molar-refractivity contribution is 6.63. The summed E-state index contributed by atoms with van der Waals surface area (Å²) in [6, 6.07) is 0. The number of hydrogen-bond acceptors (Lipinski definition) is 10. The zero-order valence-electron chi connectivity index (χ0n) is 51.9. The van der Waals surface area contributed by atoms with Crippen molar-refractivity contribution in [2.45, 2.75) is 304 Å². The van der Waals surface area contributed by atoms with Gasteiger partial charge in [-0.3, -0.25) is 19.2 Å². The van der Waals surface area contributed by atoms with Crippen molar-refractivity contribution >= 4 is 34.8 Å². The highest BCUT2D eigenvalue weighted by Gasteiger charge is 2.18. The van der Waals surface area contributed by atoms with Crippen molar-refractivity contribution in [3.63, 3.8) is 0 Å². The number of rotatable bonds is 52. The number of aliphatic hydroxyl groups is 2. The number of carboxylic acids is 1. The molecule has 0 fully saturated rings. The number of carbonyl (C=O) groups is 4. The van der Waals surface area contributed by atoms with Crippen LogP contribution < -0.4 is 0 Å². The Hall–Kier alpha value is -2.83. The fourth-order valence-corrected chi connectivity index (χ4v) is 8.13. The summed E-state index contributed by atoms with van der Waals surface area (Å²) < 4.78 is 11.1. The molecular weight excluding hydrogens is 1010 g/mol. The molecule has 12 heteroatoms. The number of aliphatic carboxylic acids is 1. The molecule has 0 aliphatic heterocycles. The Labute approximate surface area is 493 Å². The van der Waals surface area contributed by atoms with E-state index in [1.54, 1.807) is 0 Å². The summed E-state index contributed by atoms with van der Waals surface area (Å²) in [5.41, 5.74) is 0. The lowest BCUT2D eigenvalue weighted by Gasteiger charge is -2.21. The summed E-state index contributed by atoms with van der Waals surface area (Å²) >= 11 is 5.25. The van der Waals surface area contributed by atoms with Crippen molar-refractivity contribution in [3.8, 4) is 0 Å². The van der Waals surface area contributed by atoms with Gasteiger partial charge in [0.2, 0.25) is 5.24 Å². The number of nitrogens with zero attached hydrogens (tertiary/aromatic N) is 2. The van der Waals surface area contributed by atoms with E-state index in [1.807, 2.05) is 38.0 Å². The smallest absolute Gasteiger partial charge is 0.306 e. The molecule has 0 rings (SSSR count). The van der Waals surface area contributed by atoms with E-state index in [1.165, 1.54) is 154 Å². The van der Waals surface area contributed by atoms with Crippen LogP contribution in [0.25, 0.3) is 0 Å². The van der Waals surface area contributed by atoms with E-state index in [0.717, 1.165) is 77.0 Å². The summed E-state index contributed by atoms with van der Waals surface area (Å²) in [4.78, 5) is 49.0. The maximum Gasteiger partial charge on any atom is 0.306 e. The van der Waals surface area contributed by atoms with Crippen LogP contribution in [0, 0.1) is 0 Å². The minimum absolute atomic E-state index is 0. The highest BCUT2D eigenvalue weighted by Crippen LogP contribution is 2.13. The van der Waals surface area contributed by atoms with Gasteiger partial charge in [0.1, 0.15) is 12.7 Å². The minimum atomic E-state index is -0.668. The molecule has 0 saturated heterocycles. The van der Waals surface area contributed by atoms with Crippen LogP contribution in [-0.4, -0.2) is 115 Å². The number of likely N-dealkylation sites (N-methyl/N-ethyl adjacent to an activating group) is 2. The third kappa shape index (κ3) is 86.6. The third-order valence-electron chi connectivity index (χ3n) is 12.7. The molecule has 11 nitrogen and oxygen atoms in total. The lowest BCUT2D eigenvalue weighted by molar-refractivity contribution is -0.160. The molecule has 0 amide bonds. The molecule has 0 bridgehead atoms. The fourth-order valence-electron chi connectivity index (χ4n) is 7.99. The van der Waals surface area contributed by atoms with Crippen LogP contribution >= 0.6 is 11.6 Å². The largest absolute Gasteiger partial charge is 0.481 e. The summed E-state index contributed by atoms with van der Waals surface area (Å²) in [7, 11) is 7.56. The molecule has 468 valence electrons. The number of carbonyl (C=O) groups excluding carboxylic acids is 3. The average molecular weight is 1140 g/mol. The number of carboxylic acid groups (broad SMARTS) is 1. The van der Waals surface area contributed by atoms with Crippen LogP contribution in [-0.2, 0) is 28.7 Å². The number of ether oxygens (including phenoxy) is 2. The summed E-state index contributed by atoms with van der Waals surface area (Å²) in [6.07, 6.45) is 61.4. The van der Waals surface area contributed by atoms with Gasteiger partial charge in [-0.25, -0.2) is 0 Å². The monoisotopic (exact) mass is 1140 g/mol. The standard InChI is InChI=1S/C33H61NO4.C14H25ClO.C14H26O2.C5H13NO2.CH4/c1-5-7-9-11-13-15-17-19-21-23-25-27-32(35)37-30-31(29-34(3)4)38-33(36)28-26-24-22-20-18-16-14-12-10-8-6-2;2*1-2-3-4-5-6-7-8-9-10-11-12-13-14(15)16;1-6(2)3-5(8)4-7;/h11-14,31H,5-10,15-30H2,1-4H3;5-6H,2-4,7-13H2,1H3;5-6H,2-4,7-13H2,1H3,(H,15,16);5,7-8H,3-4H2,1-2H3;1H4/b13-11-,14-12-;2*6-5-;;. The van der Waals surface area contributed by atoms with Crippen LogP contribution in [0.5, 0.6) is 0 Å². The molecule has 0 spiro atoms. The van der Waals surface area contributed by atoms with Crippen molar-refractivity contribution in [2.24, 2.45) is 0 Å².